The Kier molecular flexibility index (Phi) is 5.00. The van der Waals surface area contributed by atoms with E-state index in [2.05, 4.69) is 5.32 Å². The van der Waals surface area contributed by atoms with Crippen LogP contribution in [0.1, 0.15) is 12.5 Å². The standard InChI is InChI=1S/C14H18N4O3S/c1-2-16-14(19)17-7-9-18(10-8-17)22(20,21)13-6-4-3-5-12(13)11-15/h3-6H,2,7-10H2,1H3,(H,16,19). The Bertz CT molecular complexity index is 688. The summed E-state index contributed by atoms with van der Waals surface area (Å²) in [4.78, 5) is 13.3. The monoisotopic (exact) mass is 322 g/mol. The summed E-state index contributed by atoms with van der Waals surface area (Å²) in [7, 11) is -3.71. The van der Waals surface area contributed by atoms with Crippen LogP contribution in [0, 0.1) is 11.3 Å². The smallest absolute Gasteiger partial charge is 0.317 e. The molecular formula is C14H18N4O3S. The number of nitrogens with one attached hydrogen (secondary N) is 1. The van der Waals surface area contributed by atoms with Crippen LogP contribution >= 0.6 is 0 Å². The van der Waals surface area contributed by atoms with Gasteiger partial charge in [0.15, 0.2) is 0 Å². The maximum atomic E-state index is 12.6. The highest BCUT2D eigenvalue weighted by Gasteiger charge is 2.31. The van der Waals surface area contributed by atoms with Crippen LogP contribution < -0.4 is 5.32 Å². The summed E-state index contributed by atoms with van der Waals surface area (Å²) < 4.78 is 26.6. The molecule has 1 fully saturated rings. The van der Waals surface area contributed by atoms with Crippen LogP contribution in [-0.4, -0.2) is 56.4 Å². The SMILES string of the molecule is CCNC(=O)N1CCN(S(=O)(=O)c2ccccc2C#N)CC1. The molecule has 0 radical (unpaired) electrons. The Hall–Kier alpha value is -2.11. The molecule has 0 aromatic heterocycles. The number of urea groups is 1. The van der Waals surface area contributed by atoms with Gasteiger partial charge < -0.3 is 10.2 Å². The maximum Gasteiger partial charge on any atom is 0.317 e. The minimum Gasteiger partial charge on any atom is -0.338 e. The molecular weight excluding hydrogens is 304 g/mol. The highest BCUT2D eigenvalue weighted by molar-refractivity contribution is 7.89. The number of benzene rings is 1. The molecule has 1 aromatic rings. The number of nitrogens with zero attached hydrogens (tertiary/aromatic N) is 3. The Labute approximate surface area is 130 Å². The molecule has 1 aliphatic heterocycles. The molecule has 0 bridgehead atoms. The van der Waals surface area contributed by atoms with Gasteiger partial charge in [-0.2, -0.15) is 9.57 Å². The third-order valence-electron chi connectivity index (χ3n) is 3.48. The zero-order chi connectivity index (χ0) is 16.2. The second-order valence-corrected chi connectivity index (χ2v) is 6.74. The van der Waals surface area contributed by atoms with E-state index in [-0.39, 0.29) is 29.6 Å². The van der Waals surface area contributed by atoms with E-state index in [9.17, 15) is 13.2 Å². The van der Waals surface area contributed by atoms with Crippen molar-refractivity contribution >= 4 is 16.1 Å². The van der Waals surface area contributed by atoms with Crippen LogP contribution in [-0.2, 0) is 10.0 Å². The minimum atomic E-state index is -3.71. The van der Waals surface area contributed by atoms with Gasteiger partial charge in [0.2, 0.25) is 10.0 Å². The van der Waals surface area contributed by atoms with E-state index in [0.717, 1.165) is 0 Å². The molecule has 1 aliphatic rings. The van der Waals surface area contributed by atoms with Crippen LogP contribution in [0.4, 0.5) is 4.79 Å². The van der Waals surface area contributed by atoms with E-state index in [0.29, 0.717) is 19.6 Å². The van der Waals surface area contributed by atoms with Crippen LogP contribution in [0.25, 0.3) is 0 Å². The molecule has 2 amide bonds. The maximum absolute atomic E-state index is 12.6. The van der Waals surface area contributed by atoms with Crippen LogP contribution in [0.2, 0.25) is 0 Å². The van der Waals surface area contributed by atoms with E-state index in [4.69, 9.17) is 5.26 Å². The first-order valence-electron chi connectivity index (χ1n) is 7.02. The Morgan fingerprint density at radius 1 is 1.27 bits per heavy atom. The number of sulfonamides is 1. The van der Waals surface area contributed by atoms with Crippen molar-refractivity contribution in [3.63, 3.8) is 0 Å². The average molecular weight is 322 g/mol. The molecule has 1 N–H and O–H groups in total. The molecule has 2 rings (SSSR count). The zero-order valence-electron chi connectivity index (χ0n) is 12.3. The van der Waals surface area contributed by atoms with Gasteiger partial charge in [0.1, 0.15) is 6.07 Å². The fourth-order valence-corrected chi connectivity index (χ4v) is 3.88. The molecule has 118 valence electrons. The van der Waals surface area contributed by atoms with Gasteiger partial charge in [-0.05, 0) is 19.1 Å². The summed E-state index contributed by atoms with van der Waals surface area (Å²) in [6.07, 6.45) is 0. The van der Waals surface area contributed by atoms with Crippen LogP contribution in [0.5, 0.6) is 0 Å². The Morgan fingerprint density at radius 2 is 1.91 bits per heavy atom. The van der Waals surface area contributed by atoms with Gasteiger partial charge in [-0.15, -0.1) is 0 Å². The first-order chi connectivity index (χ1) is 10.5. The van der Waals surface area contributed by atoms with Crippen molar-refractivity contribution in [3.05, 3.63) is 29.8 Å². The second kappa shape index (κ2) is 6.77. The largest absolute Gasteiger partial charge is 0.338 e. The molecule has 0 aliphatic carbocycles. The Morgan fingerprint density at radius 3 is 2.50 bits per heavy atom. The van der Waals surface area contributed by atoms with Crippen LogP contribution in [0.3, 0.4) is 0 Å². The number of piperazine rings is 1. The van der Waals surface area contributed by atoms with Crippen molar-refractivity contribution in [2.45, 2.75) is 11.8 Å². The Balaban J connectivity index is 2.13. The van der Waals surface area contributed by atoms with Crippen molar-refractivity contribution in [2.24, 2.45) is 0 Å². The number of carbonyl (C=O) groups excluding carboxylic acids is 1. The van der Waals surface area contributed by atoms with Crippen molar-refractivity contribution in [1.29, 1.82) is 5.26 Å². The van der Waals surface area contributed by atoms with Crippen molar-refractivity contribution < 1.29 is 13.2 Å². The molecule has 1 aromatic carbocycles. The number of amides is 2. The highest BCUT2D eigenvalue weighted by atomic mass is 32.2. The summed E-state index contributed by atoms with van der Waals surface area (Å²) in [5.74, 6) is 0. The molecule has 1 saturated heterocycles. The number of nitriles is 1. The zero-order valence-corrected chi connectivity index (χ0v) is 13.1. The lowest BCUT2D eigenvalue weighted by molar-refractivity contribution is 0.173. The van der Waals surface area contributed by atoms with Gasteiger partial charge in [0.05, 0.1) is 10.5 Å². The molecule has 0 unspecified atom stereocenters. The summed E-state index contributed by atoms with van der Waals surface area (Å²) >= 11 is 0. The van der Waals surface area contributed by atoms with E-state index < -0.39 is 10.0 Å². The molecule has 0 saturated carbocycles. The lowest BCUT2D eigenvalue weighted by atomic mass is 10.2. The summed E-state index contributed by atoms with van der Waals surface area (Å²) in [6, 6.07) is 7.86. The first-order valence-corrected chi connectivity index (χ1v) is 8.46. The lowest BCUT2D eigenvalue weighted by Gasteiger charge is -2.34. The van der Waals surface area contributed by atoms with Crippen molar-refractivity contribution in [1.82, 2.24) is 14.5 Å². The summed E-state index contributed by atoms with van der Waals surface area (Å²) in [5, 5.41) is 11.8. The molecule has 0 spiro atoms. The molecule has 1 heterocycles. The van der Waals surface area contributed by atoms with Crippen molar-refractivity contribution in [3.8, 4) is 6.07 Å². The van der Waals surface area contributed by atoms with E-state index in [1.807, 2.05) is 13.0 Å². The second-order valence-electron chi connectivity index (χ2n) is 4.83. The first kappa shape index (κ1) is 16.3. The fourth-order valence-electron chi connectivity index (χ4n) is 2.32. The van der Waals surface area contributed by atoms with E-state index in [1.54, 1.807) is 17.0 Å². The molecule has 7 nitrogen and oxygen atoms in total. The third kappa shape index (κ3) is 3.21. The topological polar surface area (TPSA) is 93.5 Å². The normalized spacial score (nSPS) is 16.1. The predicted octanol–water partition coefficient (Wildman–Crippen LogP) is 0.594. The molecule has 0 atom stereocenters. The van der Waals surface area contributed by atoms with Gasteiger partial charge in [-0.1, -0.05) is 12.1 Å². The van der Waals surface area contributed by atoms with E-state index in [1.165, 1.54) is 16.4 Å². The average Bonchev–Trinajstić information content (AvgIpc) is 2.55. The van der Waals surface area contributed by atoms with Crippen LogP contribution in [0.15, 0.2) is 29.2 Å². The molecule has 22 heavy (non-hydrogen) atoms. The highest BCUT2D eigenvalue weighted by Crippen LogP contribution is 2.20. The minimum absolute atomic E-state index is 0.0176. The summed E-state index contributed by atoms with van der Waals surface area (Å²) in [5.41, 5.74) is 0.133. The number of hydrogen-bond acceptors (Lipinski definition) is 4. The number of carbonyl (C=O) groups is 1. The van der Waals surface area contributed by atoms with Gasteiger partial charge in [0, 0.05) is 32.7 Å². The van der Waals surface area contributed by atoms with Gasteiger partial charge in [-0.3, -0.25) is 0 Å². The van der Waals surface area contributed by atoms with Gasteiger partial charge in [-0.25, -0.2) is 13.2 Å². The van der Waals surface area contributed by atoms with Crippen molar-refractivity contribution in [2.75, 3.05) is 32.7 Å². The number of rotatable bonds is 3. The third-order valence-corrected chi connectivity index (χ3v) is 5.44. The van der Waals surface area contributed by atoms with E-state index >= 15 is 0 Å². The number of hydrogen-bond donors (Lipinski definition) is 1. The predicted molar refractivity (Wildman–Crippen MR) is 80.6 cm³/mol. The quantitative estimate of drug-likeness (QED) is 0.881. The summed E-state index contributed by atoms with van der Waals surface area (Å²) in [6.45, 7) is 3.47. The lowest BCUT2D eigenvalue weighted by Crippen LogP contribution is -2.53. The molecule has 8 heteroatoms. The van der Waals surface area contributed by atoms with Gasteiger partial charge in [0.25, 0.3) is 0 Å². The fraction of sp³-hybridized carbons (Fsp3) is 0.429. The van der Waals surface area contributed by atoms with Gasteiger partial charge >= 0.3 is 6.03 Å².